The standard InChI is InChI=1S/C17H23NO2/c1-13(2)12-18-9-7-17(8-10-18)11-15(19)14-5-3-4-6-16(14)20-17/h3-6,13H,7-12H2,1-2H3. The van der Waals surface area contributed by atoms with E-state index >= 15 is 0 Å². The van der Waals surface area contributed by atoms with Crippen molar-refractivity contribution in [2.75, 3.05) is 19.6 Å². The van der Waals surface area contributed by atoms with E-state index in [2.05, 4.69) is 18.7 Å². The molecule has 20 heavy (non-hydrogen) atoms. The lowest BCUT2D eigenvalue weighted by Crippen LogP contribution is -2.51. The summed E-state index contributed by atoms with van der Waals surface area (Å²) in [5.74, 6) is 1.71. The van der Waals surface area contributed by atoms with Gasteiger partial charge < -0.3 is 9.64 Å². The molecule has 1 fully saturated rings. The average molecular weight is 273 g/mol. The Bertz CT molecular complexity index is 501. The maximum Gasteiger partial charge on any atom is 0.170 e. The second-order valence-electron chi connectivity index (χ2n) is 6.58. The number of carbonyl (C=O) groups excluding carboxylic acids is 1. The Hall–Kier alpha value is -1.35. The van der Waals surface area contributed by atoms with Gasteiger partial charge in [0.1, 0.15) is 11.4 Å². The molecule has 0 N–H and O–H groups in total. The number of para-hydroxylation sites is 1. The molecule has 108 valence electrons. The Balaban J connectivity index is 1.72. The van der Waals surface area contributed by atoms with Crippen LogP contribution in [0.4, 0.5) is 0 Å². The summed E-state index contributed by atoms with van der Waals surface area (Å²) in [4.78, 5) is 14.8. The van der Waals surface area contributed by atoms with Gasteiger partial charge in [-0.05, 0) is 18.1 Å². The number of fused-ring (bicyclic) bond motifs is 1. The fourth-order valence-electron chi connectivity index (χ4n) is 3.38. The molecule has 2 heterocycles. The van der Waals surface area contributed by atoms with Gasteiger partial charge in [-0.15, -0.1) is 0 Å². The maximum absolute atomic E-state index is 12.3. The molecule has 1 spiro atoms. The van der Waals surface area contributed by atoms with Gasteiger partial charge >= 0.3 is 0 Å². The number of nitrogens with zero attached hydrogens (tertiary/aromatic N) is 1. The van der Waals surface area contributed by atoms with Crippen LogP contribution in [0.1, 0.15) is 43.5 Å². The van der Waals surface area contributed by atoms with Crippen LogP contribution < -0.4 is 4.74 Å². The Morgan fingerprint density at radius 3 is 2.65 bits per heavy atom. The molecular weight excluding hydrogens is 250 g/mol. The van der Waals surface area contributed by atoms with Crippen molar-refractivity contribution in [1.82, 2.24) is 4.90 Å². The minimum absolute atomic E-state index is 0.240. The predicted octanol–water partition coefficient (Wildman–Crippen LogP) is 3.14. The summed E-state index contributed by atoms with van der Waals surface area (Å²) in [6, 6.07) is 7.65. The van der Waals surface area contributed by atoms with Gasteiger partial charge in [0.15, 0.2) is 5.78 Å². The van der Waals surface area contributed by atoms with E-state index in [1.54, 1.807) is 0 Å². The Morgan fingerprint density at radius 1 is 1.25 bits per heavy atom. The predicted molar refractivity (Wildman–Crippen MR) is 79.3 cm³/mol. The van der Waals surface area contributed by atoms with Crippen LogP contribution in [0.15, 0.2) is 24.3 Å². The highest BCUT2D eigenvalue weighted by molar-refractivity contribution is 6.00. The van der Waals surface area contributed by atoms with Crippen molar-refractivity contribution >= 4 is 5.78 Å². The van der Waals surface area contributed by atoms with E-state index in [-0.39, 0.29) is 11.4 Å². The first-order valence-corrected chi connectivity index (χ1v) is 7.62. The van der Waals surface area contributed by atoms with Gasteiger partial charge in [0, 0.05) is 32.5 Å². The first-order valence-electron chi connectivity index (χ1n) is 7.62. The van der Waals surface area contributed by atoms with Crippen molar-refractivity contribution < 1.29 is 9.53 Å². The molecule has 0 radical (unpaired) electrons. The third kappa shape index (κ3) is 2.59. The first-order chi connectivity index (χ1) is 9.58. The van der Waals surface area contributed by atoms with Crippen LogP contribution >= 0.6 is 0 Å². The smallest absolute Gasteiger partial charge is 0.170 e. The third-order valence-electron chi connectivity index (χ3n) is 4.39. The highest BCUT2D eigenvalue weighted by Gasteiger charge is 2.42. The first kappa shape index (κ1) is 13.6. The summed E-state index contributed by atoms with van der Waals surface area (Å²) in [5, 5.41) is 0. The minimum atomic E-state index is -0.251. The summed E-state index contributed by atoms with van der Waals surface area (Å²) in [7, 11) is 0. The molecule has 3 nitrogen and oxygen atoms in total. The van der Waals surface area contributed by atoms with Gasteiger partial charge in [-0.3, -0.25) is 4.79 Å². The summed E-state index contributed by atoms with van der Waals surface area (Å²) in [6.07, 6.45) is 2.46. The lowest BCUT2D eigenvalue weighted by molar-refractivity contribution is -0.0110. The quantitative estimate of drug-likeness (QED) is 0.829. The van der Waals surface area contributed by atoms with E-state index in [0.29, 0.717) is 12.3 Å². The zero-order valence-electron chi connectivity index (χ0n) is 12.4. The number of rotatable bonds is 2. The van der Waals surface area contributed by atoms with Gasteiger partial charge in [-0.25, -0.2) is 0 Å². The number of benzene rings is 1. The fraction of sp³-hybridized carbons (Fsp3) is 0.588. The van der Waals surface area contributed by atoms with E-state index in [1.165, 1.54) is 0 Å². The second kappa shape index (κ2) is 5.21. The molecule has 1 saturated heterocycles. The van der Waals surface area contributed by atoms with E-state index in [4.69, 9.17) is 4.74 Å². The number of carbonyl (C=O) groups is 1. The fourth-order valence-corrected chi connectivity index (χ4v) is 3.38. The topological polar surface area (TPSA) is 29.5 Å². The second-order valence-corrected chi connectivity index (χ2v) is 6.58. The molecule has 3 heteroatoms. The van der Waals surface area contributed by atoms with Crippen LogP contribution in [0.25, 0.3) is 0 Å². The highest BCUT2D eigenvalue weighted by Crippen LogP contribution is 2.39. The van der Waals surface area contributed by atoms with Crippen molar-refractivity contribution in [3.8, 4) is 5.75 Å². The number of likely N-dealkylation sites (tertiary alicyclic amines) is 1. The third-order valence-corrected chi connectivity index (χ3v) is 4.39. The Morgan fingerprint density at radius 2 is 1.95 bits per heavy atom. The molecule has 2 aliphatic rings. The van der Waals surface area contributed by atoms with E-state index < -0.39 is 0 Å². The van der Waals surface area contributed by atoms with Crippen molar-refractivity contribution in [2.45, 2.75) is 38.7 Å². The zero-order chi connectivity index (χ0) is 14.2. The van der Waals surface area contributed by atoms with Crippen LogP contribution in [0, 0.1) is 5.92 Å². The van der Waals surface area contributed by atoms with Crippen molar-refractivity contribution in [3.05, 3.63) is 29.8 Å². The Labute approximate surface area is 120 Å². The number of hydrogen-bond acceptors (Lipinski definition) is 3. The molecule has 0 aromatic heterocycles. The number of hydrogen-bond donors (Lipinski definition) is 0. The molecule has 0 unspecified atom stereocenters. The average Bonchev–Trinajstić information content (AvgIpc) is 2.41. The van der Waals surface area contributed by atoms with Crippen LogP contribution in [-0.2, 0) is 0 Å². The lowest BCUT2D eigenvalue weighted by atomic mass is 9.82. The van der Waals surface area contributed by atoms with Gasteiger partial charge in [0.05, 0.1) is 12.0 Å². The van der Waals surface area contributed by atoms with Crippen molar-refractivity contribution in [2.24, 2.45) is 5.92 Å². The van der Waals surface area contributed by atoms with E-state index in [9.17, 15) is 4.79 Å². The lowest BCUT2D eigenvalue weighted by Gasteiger charge is -2.44. The molecule has 0 aliphatic carbocycles. The van der Waals surface area contributed by atoms with Crippen molar-refractivity contribution in [3.63, 3.8) is 0 Å². The van der Waals surface area contributed by atoms with Gasteiger partial charge in [-0.2, -0.15) is 0 Å². The van der Waals surface area contributed by atoms with E-state index in [1.807, 2.05) is 24.3 Å². The van der Waals surface area contributed by atoms with Crippen LogP contribution in [0.3, 0.4) is 0 Å². The summed E-state index contributed by atoms with van der Waals surface area (Å²) in [6.45, 7) is 7.71. The maximum atomic E-state index is 12.3. The van der Waals surface area contributed by atoms with Gasteiger partial charge in [0.25, 0.3) is 0 Å². The monoisotopic (exact) mass is 273 g/mol. The van der Waals surface area contributed by atoms with Crippen LogP contribution in [0.2, 0.25) is 0 Å². The Kier molecular flexibility index (Phi) is 3.55. The SMILES string of the molecule is CC(C)CN1CCC2(CC1)CC(=O)c1ccccc1O2. The molecule has 3 rings (SSSR count). The van der Waals surface area contributed by atoms with Gasteiger partial charge in [0.2, 0.25) is 0 Å². The molecule has 0 bridgehead atoms. The molecule has 2 aliphatic heterocycles. The molecule has 0 saturated carbocycles. The highest BCUT2D eigenvalue weighted by atomic mass is 16.5. The number of Topliss-reactive ketones (excluding diaryl/α,β-unsaturated/α-hetero) is 1. The number of ether oxygens (including phenoxy) is 1. The largest absolute Gasteiger partial charge is 0.486 e. The van der Waals surface area contributed by atoms with Crippen molar-refractivity contribution in [1.29, 1.82) is 0 Å². The molecule has 1 aromatic rings. The van der Waals surface area contributed by atoms with Gasteiger partial charge in [-0.1, -0.05) is 26.0 Å². The number of piperidine rings is 1. The molecular formula is C17H23NO2. The number of ketones is 1. The van der Waals surface area contributed by atoms with Crippen LogP contribution in [-0.4, -0.2) is 35.9 Å². The summed E-state index contributed by atoms with van der Waals surface area (Å²) < 4.78 is 6.24. The molecule has 1 aromatic carbocycles. The van der Waals surface area contributed by atoms with E-state index in [0.717, 1.165) is 43.8 Å². The molecule has 0 atom stereocenters. The minimum Gasteiger partial charge on any atom is -0.486 e. The normalized spacial score (nSPS) is 21.9. The van der Waals surface area contributed by atoms with Crippen LogP contribution in [0.5, 0.6) is 5.75 Å². The molecule has 0 amide bonds. The summed E-state index contributed by atoms with van der Waals surface area (Å²) in [5.41, 5.74) is 0.501. The zero-order valence-corrected chi connectivity index (χ0v) is 12.4. The summed E-state index contributed by atoms with van der Waals surface area (Å²) >= 11 is 0.